The Morgan fingerprint density at radius 3 is 2.31 bits per heavy atom. The summed E-state index contributed by atoms with van der Waals surface area (Å²) in [6.45, 7) is 0. The van der Waals surface area contributed by atoms with E-state index in [1.54, 1.807) is 6.07 Å². The van der Waals surface area contributed by atoms with Gasteiger partial charge in [0.15, 0.2) is 0 Å². The van der Waals surface area contributed by atoms with Gasteiger partial charge in [-0.2, -0.15) is 0 Å². The number of rotatable bonds is 10. The molecular weight excluding hydrogens is 395 g/mol. The average Bonchev–Trinajstić information content (AvgIpc) is 2.81. The average molecular weight is 422 g/mol. The van der Waals surface area contributed by atoms with Gasteiger partial charge in [0.25, 0.3) is 0 Å². The lowest BCUT2D eigenvalue weighted by atomic mass is 9.85. The molecule has 1 aliphatic rings. The molecule has 2 rings (SSSR count). The van der Waals surface area contributed by atoms with Crippen LogP contribution in [0.4, 0.5) is 0 Å². The van der Waals surface area contributed by atoms with Gasteiger partial charge in [0.2, 0.25) is 0 Å². The molecular formula is C20H27Cl3O3. The minimum absolute atomic E-state index is 0.0111. The highest BCUT2D eigenvalue weighted by atomic mass is 35.5. The molecule has 1 fully saturated rings. The SMILES string of the molecule is O=C(O)CCCCCC[C@@H]1[C@@H](CCc2cc(Cl)cc(Cl)c2)[C@H](O)C[C@H]1Cl. The van der Waals surface area contributed by atoms with Gasteiger partial charge in [-0.25, -0.2) is 0 Å². The number of aliphatic carboxylic acids is 1. The maximum absolute atomic E-state index is 10.5. The maximum atomic E-state index is 10.5. The van der Waals surface area contributed by atoms with Crippen molar-refractivity contribution in [2.45, 2.75) is 69.3 Å². The molecule has 0 heterocycles. The first-order valence-electron chi connectivity index (χ1n) is 9.35. The molecule has 4 atom stereocenters. The molecule has 0 bridgehead atoms. The van der Waals surface area contributed by atoms with Crippen molar-refractivity contribution >= 4 is 40.8 Å². The minimum Gasteiger partial charge on any atom is -0.481 e. The Labute approximate surface area is 170 Å². The van der Waals surface area contributed by atoms with E-state index < -0.39 is 5.97 Å². The quantitative estimate of drug-likeness (QED) is 0.362. The Kier molecular flexibility index (Phi) is 9.02. The number of carboxylic acid groups (broad SMARTS) is 1. The van der Waals surface area contributed by atoms with E-state index in [9.17, 15) is 9.90 Å². The van der Waals surface area contributed by atoms with Crippen LogP contribution >= 0.6 is 34.8 Å². The van der Waals surface area contributed by atoms with Gasteiger partial charge in [-0.05, 0) is 67.7 Å². The number of aliphatic hydroxyl groups is 1. The molecule has 0 aliphatic heterocycles. The van der Waals surface area contributed by atoms with Crippen molar-refractivity contribution < 1.29 is 15.0 Å². The predicted octanol–water partition coefficient (Wildman–Crippen LogP) is 5.96. The summed E-state index contributed by atoms with van der Waals surface area (Å²) in [5, 5.41) is 20.4. The minimum atomic E-state index is -0.731. The number of aliphatic hydroxyl groups excluding tert-OH is 1. The van der Waals surface area contributed by atoms with Gasteiger partial charge >= 0.3 is 5.97 Å². The highest BCUT2D eigenvalue weighted by molar-refractivity contribution is 6.34. The van der Waals surface area contributed by atoms with Gasteiger partial charge in [0, 0.05) is 21.8 Å². The van der Waals surface area contributed by atoms with Crippen LogP contribution in [0.2, 0.25) is 10.0 Å². The molecule has 6 heteroatoms. The van der Waals surface area contributed by atoms with Crippen LogP contribution in [0.1, 0.15) is 56.9 Å². The lowest BCUT2D eigenvalue weighted by Gasteiger charge is -2.23. The fraction of sp³-hybridized carbons (Fsp3) is 0.650. The molecule has 0 aromatic heterocycles. The van der Waals surface area contributed by atoms with E-state index in [4.69, 9.17) is 39.9 Å². The van der Waals surface area contributed by atoms with Crippen molar-refractivity contribution in [3.63, 3.8) is 0 Å². The second-order valence-electron chi connectivity index (χ2n) is 7.31. The van der Waals surface area contributed by atoms with Gasteiger partial charge in [-0.15, -0.1) is 11.6 Å². The first kappa shape index (κ1) is 21.8. The second kappa shape index (κ2) is 10.8. The fourth-order valence-corrected chi connectivity index (χ4v) is 5.10. The highest BCUT2D eigenvalue weighted by Crippen LogP contribution is 2.41. The van der Waals surface area contributed by atoms with Crippen LogP contribution in [0, 0.1) is 11.8 Å². The molecule has 0 amide bonds. The number of hydrogen-bond acceptors (Lipinski definition) is 2. The Morgan fingerprint density at radius 2 is 1.65 bits per heavy atom. The van der Waals surface area contributed by atoms with Crippen LogP contribution in [-0.2, 0) is 11.2 Å². The number of carbonyl (C=O) groups is 1. The Balaban J connectivity index is 1.81. The summed E-state index contributed by atoms with van der Waals surface area (Å²) in [5.74, 6) is -0.235. The van der Waals surface area contributed by atoms with Crippen molar-refractivity contribution in [1.29, 1.82) is 0 Å². The summed E-state index contributed by atoms with van der Waals surface area (Å²) in [7, 11) is 0. The molecule has 0 saturated heterocycles. The molecule has 2 N–H and O–H groups in total. The zero-order chi connectivity index (χ0) is 19.1. The zero-order valence-corrected chi connectivity index (χ0v) is 17.1. The standard InChI is InChI=1S/C20H27Cl3O3/c21-14-9-13(10-15(22)11-14)7-8-17-16(18(23)12-19(17)24)5-3-1-2-4-6-20(25)26/h9-11,16-19,24H,1-8,12H2,(H,25,26)/t16-,17-,18-,19-/m1/s1. The molecule has 0 radical (unpaired) electrons. The van der Waals surface area contributed by atoms with Crippen molar-refractivity contribution in [3.05, 3.63) is 33.8 Å². The summed E-state index contributed by atoms with van der Waals surface area (Å²) in [6.07, 6.45) is 6.90. The first-order chi connectivity index (χ1) is 12.4. The maximum Gasteiger partial charge on any atom is 0.303 e. The van der Waals surface area contributed by atoms with Crippen molar-refractivity contribution in [2.75, 3.05) is 0 Å². The van der Waals surface area contributed by atoms with E-state index in [2.05, 4.69) is 0 Å². The number of hydrogen-bond donors (Lipinski definition) is 2. The van der Waals surface area contributed by atoms with Crippen LogP contribution in [0.25, 0.3) is 0 Å². The summed E-state index contributed by atoms with van der Waals surface area (Å²) in [5.41, 5.74) is 1.08. The molecule has 26 heavy (non-hydrogen) atoms. The van der Waals surface area contributed by atoms with E-state index in [-0.39, 0.29) is 23.8 Å². The monoisotopic (exact) mass is 420 g/mol. The second-order valence-corrected chi connectivity index (χ2v) is 8.74. The topological polar surface area (TPSA) is 57.5 Å². The smallest absolute Gasteiger partial charge is 0.303 e. The van der Waals surface area contributed by atoms with Gasteiger partial charge in [-0.3, -0.25) is 4.79 Å². The third-order valence-electron chi connectivity index (χ3n) is 5.34. The molecule has 3 nitrogen and oxygen atoms in total. The van der Waals surface area contributed by atoms with E-state index >= 15 is 0 Å². The largest absolute Gasteiger partial charge is 0.481 e. The summed E-state index contributed by atoms with van der Waals surface area (Å²) < 4.78 is 0. The number of unbranched alkanes of at least 4 members (excludes halogenated alkanes) is 3. The van der Waals surface area contributed by atoms with E-state index in [0.29, 0.717) is 22.4 Å². The van der Waals surface area contributed by atoms with Crippen LogP contribution < -0.4 is 0 Å². The number of benzene rings is 1. The summed E-state index contributed by atoms with van der Waals surface area (Å²) in [6, 6.07) is 5.56. The van der Waals surface area contributed by atoms with Crippen LogP contribution in [0.15, 0.2) is 18.2 Å². The van der Waals surface area contributed by atoms with Crippen LogP contribution in [-0.4, -0.2) is 27.7 Å². The Bertz CT molecular complexity index is 573. The van der Waals surface area contributed by atoms with Gasteiger partial charge in [-0.1, -0.05) is 42.5 Å². The normalized spacial score (nSPS) is 25.5. The Morgan fingerprint density at radius 1 is 1.00 bits per heavy atom. The lowest BCUT2D eigenvalue weighted by molar-refractivity contribution is -0.137. The summed E-state index contributed by atoms with van der Waals surface area (Å²) in [4.78, 5) is 10.5. The van der Waals surface area contributed by atoms with E-state index in [1.807, 2.05) is 12.1 Å². The Hall–Kier alpha value is -0.480. The van der Waals surface area contributed by atoms with Gasteiger partial charge < -0.3 is 10.2 Å². The molecule has 1 saturated carbocycles. The van der Waals surface area contributed by atoms with Gasteiger partial charge in [0.05, 0.1) is 6.10 Å². The van der Waals surface area contributed by atoms with E-state index in [0.717, 1.165) is 50.5 Å². The van der Waals surface area contributed by atoms with Crippen molar-refractivity contribution in [2.24, 2.45) is 11.8 Å². The third-order valence-corrected chi connectivity index (χ3v) is 6.28. The molecule has 1 aromatic rings. The third kappa shape index (κ3) is 6.92. The van der Waals surface area contributed by atoms with E-state index in [1.165, 1.54) is 0 Å². The number of aryl methyl sites for hydroxylation is 1. The zero-order valence-electron chi connectivity index (χ0n) is 14.8. The van der Waals surface area contributed by atoms with Crippen LogP contribution in [0.3, 0.4) is 0 Å². The highest BCUT2D eigenvalue weighted by Gasteiger charge is 2.40. The van der Waals surface area contributed by atoms with Crippen LogP contribution in [0.5, 0.6) is 0 Å². The molecule has 0 spiro atoms. The molecule has 1 aliphatic carbocycles. The van der Waals surface area contributed by atoms with Crippen molar-refractivity contribution in [3.8, 4) is 0 Å². The number of halogens is 3. The molecule has 1 aromatic carbocycles. The van der Waals surface area contributed by atoms with Crippen molar-refractivity contribution in [1.82, 2.24) is 0 Å². The first-order valence-corrected chi connectivity index (χ1v) is 10.5. The summed E-state index contributed by atoms with van der Waals surface area (Å²) >= 11 is 18.6. The predicted molar refractivity (Wildman–Crippen MR) is 107 cm³/mol. The van der Waals surface area contributed by atoms with Gasteiger partial charge in [0.1, 0.15) is 0 Å². The number of alkyl halides is 1. The number of carboxylic acids is 1. The fourth-order valence-electron chi connectivity index (χ4n) is 4.03. The lowest BCUT2D eigenvalue weighted by Crippen LogP contribution is -2.21. The molecule has 0 unspecified atom stereocenters. The molecule has 146 valence electrons.